The maximum atomic E-state index is 11.3. The van der Waals surface area contributed by atoms with Crippen molar-refractivity contribution in [3.8, 4) is 0 Å². The zero-order chi connectivity index (χ0) is 12.1. The highest BCUT2D eigenvalue weighted by Crippen LogP contribution is 2.20. The lowest BCUT2D eigenvalue weighted by Crippen LogP contribution is -2.12. The van der Waals surface area contributed by atoms with Crippen LogP contribution in [0.1, 0.15) is 25.8 Å². The third kappa shape index (κ3) is 4.11. The summed E-state index contributed by atoms with van der Waals surface area (Å²) in [4.78, 5) is 11.3. The van der Waals surface area contributed by atoms with Gasteiger partial charge in [0.2, 0.25) is 0 Å². The Morgan fingerprint density at radius 3 is 2.81 bits per heavy atom. The summed E-state index contributed by atoms with van der Waals surface area (Å²) in [6, 6.07) is 5.25. The van der Waals surface area contributed by atoms with Crippen molar-refractivity contribution in [1.29, 1.82) is 0 Å². The second-order valence-electron chi connectivity index (χ2n) is 3.89. The van der Waals surface area contributed by atoms with Gasteiger partial charge in [0.25, 0.3) is 0 Å². The molecule has 16 heavy (non-hydrogen) atoms. The largest absolute Gasteiger partial charge is 0.463 e. The number of aryl methyl sites for hydroxylation is 1. The van der Waals surface area contributed by atoms with Crippen LogP contribution in [0, 0.1) is 0 Å². The molecule has 0 radical (unpaired) electrons. The maximum absolute atomic E-state index is 11.3. The van der Waals surface area contributed by atoms with Crippen LogP contribution in [0.4, 0.5) is 5.69 Å². The van der Waals surface area contributed by atoms with Gasteiger partial charge in [-0.25, -0.2) is 0 Å². The predicted molar refractivity (Wildman–Crippen MR) is 65.4 cm³/mol. The number of carbonyl (C=O) groups is 1. The molecule has 0 atom stereocenters. The number of anilines is 1. The lowest BCUT2D eigenvalue weighted by Gasteiger charge is -2.08. The number of ether oxygens (including phenoxy) is 1. The maximum Gasteiger partial charge on any atom is 0.306 e. The smallest absolute Gasteiger partial charge is 0.306 e. The fourth-order valence-corrected chi connectivity index (χ4v) is 1.56. The molecule has 3 nitrogen and oxygen atoms in total. The quantitative estimate of drug-likeness (QED) is 0.652. The molecule has 0 heterocycles. The summed E-state index contributed by atoms with van der Waals surface area (Å²) in [5, 5.41) is 0.631. The van der Waals surface area contributed by atoms with Crippen molar-refractivity contribution in [2.75, 3.05) is 5.73 Å². The van der Waals surface area contributed by atoms with Gasteiger partial charge in [0.15, 0.2) is 0 Å². The minimum absolute atomic E-state index is 0.0798. The van der Waals surface area contributed by atoms with Gasteiger partial charge in [-0.3, -0.25) is 4.79 Å². The van der Waals surface area contributed by atoms with Crippen LogP contribution in [0.15, 0.2) is 18.2 Å². The van der Waals surface area contributed by atoms with E-state index in [-0.39, 0.29) is 12.1 Å². The predicted octanol–water partition coefficient (Wildman–Crippen LogP) is 2.81. The van der Waals surface area contributed by atoms with Crippen molar-refractivity contribution in [2.24, 2.45) is 0 Å². The molecular formula is C12H16ClNO2. The van der Waals surface area contributed by atoms with E-state index >= 15 is 0 Å². The van der Waals surface area contributed by atoms with Gasteiger partial charge in [0.05, 0.1) is 6.10 Å². The molecule has 0 saturated carbocycles. The number of hydrogen-bond acceptors (Lipinski definition) is 3. The third-order valence-corrected chi connectivity index (χ3v) is 2.40. The zero-order valence-corrected chi connectivity index (χ0v) is 10.3. The molecule has 1 aromatic rings. The molecule has 0 saturated heterocycles. The fraction of sp³-hybridized carbons (Fsp3) is 0.417. The van der Waals surface area contributed by atoms with E-state index in [0.29, 0.717) is 23.6 Å². The number of hydrogen-bond donors (Lipinski definition) is 1. The average Bonchev–Trinajstić information content (AvgIpc) is 2.18. The van der Waals surface area contributed by atoms with Gasteiger partial charge < -0.3 is 10.5 Å². The summed E-state index contributed by atoms with van der Waals surface area (Å²) in [6.45, 7) is 3.65. The van der Waals surface area contributed by atoms with E-state index in [0.717, 1.165) is 5.56 Å². The first kappa shape index (κ1) is 12.8. The van der Waals surface area contributed by atoms with Crippen molar-refractivity contribution in [2.45, 2.75) is 32.8 Å². The van der Waals surface area contributed by atoms with Crippen LogP contribution < -0.4 is 5.73 Å². The van der Waals surface area contributed by atoms with E-state index in [2.05, 4.69) is 0 Å². The van der Waals surface area contributed by atoms with E-state index in [9.17, 15) is 4.79 Å². The molecule has 0 aliphatic heterocycles. The van der Waals surface area contributed by atoms with E-state index < -0.39 is 0 Å². The molecule has 0 fully saturated rings. The zero-order valence-electron chi connectivity index (χ0n) is 9.50. The van der Waals surface area contributed by atoms with Crippen molar-refractivity contribution < 1.29 is 9.53 Å². The van der Waals surface area contributed by atoms with Gasteiger partial charge in [-0.05, 0) is 44.0 Å². The molecule has 1 rings (SSSR count). The Kier molecular flexibility index (Phi) is 4.62. The molecule has 0 spiro atoms. The van der Waals surface area contributed by atoms with Crippen LogP contribution >= 0.6 is 11.6 Å². The number of esters is 1. The molecular weight excluding hydrogens is 226 g/mol. The Morgan fingerprint density at radius 2 is 2.19 bits per heavy atom. The summed E-state index contributed by atoms with van der Waals surface area (Å²) in [7, 11) is 0. The Bertz CT molecular complexity index is 377. The molecule has 0 amide bonds. The van der Waals surface area contributed by atoms with Crippen molar-refractivity contribution >= 4 is 23.3 Å². The van der Waals surface area contributed by atoms with Crippen LogP contribution in [0.5, 0.6) is 0 Å². The van der Waals surface area contributed by atoms with Crippen LogP contribution in [-0.2, 0) is 16.0 Å². The molecule has 4 heteroatoms. The van der Waals surface area contributed by atoms with E-state index in [1.54, 1.807) is 18.2 Å². The van der Waals surface area contributed by atoms with Crippen molar-refractivity contribution in [3.05, 3.63) is 28.8 Å². The van der Waals surface area contributed by atoms with Crippen molar-refractivity contribution in [1.82, 2.24) is 0 Å². The Hall–Kier alpha value is -1.22. The first-order valence-corrected chi connectivity index (χ1v) is 5.60. The standard InChI is InChI=1S/C12H16ClNO2/c1-8(2)16-12(15)6-3-9-7-10(14)4-5-11(9)13/h4-5,7-8H,3,6,14H2,1-2H3. The number of benzene rings is 1. The second-order valence-corrected chi connectivity index (χ2v) is 4.30. The minimum Gasteiger partial charge on any atom is -0.463 e. The number of halogens is 1. The Morgan fingerprint density at radius 1 is 1.50 bits per heavy atom. The van der Waals surface area contributed by atoms with Crippen LogP contribution in [0.25, 0.3) is 0 Å². The number of carbonyl (C=O) groups excluding carboxylic acids is 1. The first-order chi connectivity index (χ1) is 7.49. The van der Waals surface area contributed by atoms with Crippen LogP contribution in [-0.4, -0.2) is 12.1 Å². The van der Waals surface area contributed by atoms with Gasteiger partial charge in [-0.2, -0.15) is 0 Å². The summed E-state index contributed by atoms with van der Waals surface area (Å²) >= 11 is 5.98. The first-order valence-electron chi connectivity index (χ1n) is 5.22. The van der Waals surface area contributed by atoms with Gasteiger partial charge in [-0.1, -0.05) is 11.6 Å². The van der Waals surface area contributed by atoms with Crippen LogP contribution in [0.3, 0.4) is 0 Å². The molecule has 0 aliphatic carbocycles. The Balaban J connectivity index is 2.54. The summed E-state index contributed by atoms with van der Waals surface area (Å²) in [5.41, 5.74) is 7.17. The highest BCUT2D eigenvalue weighted by Gasteiger charge is 2.08. The lowest BCUT2D eigenvalue weighted by atomic mass is 10.1. The summed E-state index contributed by atoms with van der Waals surface area (Å²) in [5.74, 6) is -0.214. The lowest BCUT2D eigenvalue weighted by molar-refractivity contribution is -0.147. The molecule has 0 bridgehead atoms. The highest BCUT2D eigenvalue weighted by molar-refractivity contribution is 6.31. The number of nitrogens with two attached hydrogens (primary N) is 1. The van der Waals surface area contributed by atoms with Crippen LogP contribution in [0.2, 0.25) is 5.02 Å². The van der Waals surface area contributed by atoms with Gasteiger partial charge in [0, 0.05) is 17.1 Å². The molecule has 88 valence electrons. The van der Waals surface area contributed by atoms with E-state index in [1.807, 2.05) is 13.8 Å². The molecule has 0 aromatic heterocycles. The number of nitrogen functional groups attached to an aromatic ring is 1. The fourth-order valence-electron chi connectivity index (χ4n) is 1.34. The molecule has 0 unspecified atom stereocenters. The second kappa shape index (κ2) is 5.75. The Labute approximate surface area is 101 Å². The van der Waals surface area contributed by atoms with E-state index in [4.69, 9.17) is 22.1 Å². The normalized spacial score (nSPS) is 10.5. The topological polar surface area (TPSA) is 52.3 Å². The molecule has 0 aliphatic rings. The number of rotatable bonds is 4. The molecule has 1 aromatic carbocycles. The summed E-state index contributed by atoms with van der Waals surface area (Å²) < 4.78 is 5.03. The monoisotopic (exact) mass is 241 g/mol. The van der Waals surface area contributed by atoms with E-state index in [1.165, 1.54) is 0 Å². The SMILES string of the molecule is CC(C)OC(=O)CCc1cc(N)ccc1Cl. The van der Waals surface area contributed by atoms with Gasteiger partial charge >= 0.3 is 5.97 Å². The van der Waals surface area contributed by atoms with Gasteiger partial charge in [0.1, 0.15) is 0 Å². The molecule has 2 N–H and O–H groups in total. The van der Waals surface area contributed by atoms with Crippen molar-refractivity contribution in [3.63, 3.8) is 0 Å². The third-order valence-electron chi connectivity index (χ3n) is 2.04. The highest BCUT2D eigenvalue weighted by atomic mass is 35.5. The average molecular weight is 242 g/mol. The van der Waals surface area contributed by atoms with Gasteiger partial charge in [-0.15, -0.1) is 0 Å². The minimum atomic E-state index is -0.214. The summed E-state index contributed by atoms with van der Waals surface area (Å²) in [6.07, 6.45) is 0.792.